The van der Waals surface area contributed by atoms with Gasteiger partial charge in [0.05, 0.1) is 12.8 Å². The van der Waals surface area contributed by atoms with Crippen LogP contribution in [0.5, 0.6) is 5.75 Å². The van der Waals surface area contributed by atoms with Crippen LogP contribution in [-0.2, 0) is 0 Å². The Morgan fingerprint density at radius 2 is 2.00 bits per heavy atom. The van der Waals surface area contributed by atoms with Gasteiger partial charge in [0.1, 0.15) is 17.4 Å². The van der Waals surface area contributed by atoms with Crippen LogP contribution in [0.4, 0.5) is 5.82 Å². The molecule has 0 N–H and O–H groups in total. The number of anilines is 1. The Labute approximate surface area is 159 Å². The van der Waals surface area contributed by atoms with Crippen molar-refractivity contribution >= 4 is 11.7 Å². The maximum absolute atomic E-state index is 12.9. The minimum Gasteiger partial charge on any atom is -0.497 e. The summed E-state index contributed by atoms with van der Waals surface area (Å²) in [6.07, 6.45) is 0.801. The van der Waals surface area contributed by atoms with Crippen LogP contribution in [0.2, 0.25) is 0 Å². The Morgan fingerprint density at radius 3 is 2.74 bits per heavy atom. The van der Waals surface area contributed by atoms with Gasteiger partial charge in [0, 0.05) is 31.7 Å². The van der Waals surface area contributed by atoms with Gasteiger partial charge in [-0.05, 0) is 44.0 Å². The highest BCUT2D eigenvalue weighted by molar-refractivity contribution is 5.94. The van der Waals surface area contributed by atoms with Crippen LogP contribution in [0.15, 0.2) is 24.3 Å². The summed E-state index contributed by atoms with van der Waals surface area (Å²) in [4.78, 5) is 16.8. The third-order valence-electron chi connectivity index (χ3n) is 4.95. The number of benzene rings is 1. The molecule has 1 aliphatic heterocycles. The second-order valence-corrected chi connectivity index (χ2v) is 6.59. The molecule has 27 heavy (non-hydrogen) atoms. The number of ether oxygens (including phenoxy) is 1. The van der Waals surface area contributed by atoms with Crippen molar-refractivity contribution in [1.29, 1.82) is 5.26 Å². The highest BCUT2D eigenvalue weighted by Crippen LogP contribution is 2.23. The number of carbonyl (C=O) groups excluding carboxylic acids is 1. The fourth-order valence-corrected chi connectivity index (χ4v) is 3.22. The first-order valence-electron chi connectivity index (χ1n) is 8.97. The third-order valence-corrected chi connectivity index (χ3v) is 4.95. The van der Waals surface area contributed by atoms with Gasteiger partial charge in [0.15, 0.2) is 5.82 Å². The van der Waals surface area contributed by atoms with E-state index in [0.29, 0.717) is 42.3 Å². The molecule has 0 bridgehead atoms. The lowest BCUT2D eigenvalue weighted by molar-refractivity contribution is 0.0766. The average Bonchev–Trinajstić information content (AvgIpc) is 2.95. The number of carbonyl (C=O) groups is 1. The molecule has 1 aromatic carbocycles. The molecule has 0 aliphatic carbocycles. The zero-order valence-corrected chi connectivity index (χ0v) is 15.9. The number of hydrogen-bond acceptors (Lipinski definition) is 6. The number of methoxy groups -OCH3 is 1. The topological polar surface area (TPSA) is 82.3 Å². The molecule has 0 spiro atoms. The summed E-state index contributed by atoms with van der Waals surface area (Å²) in [7, 11) is 1.59. The SMILES string of the molecule is COc1cccc(C(=O)N2CCCN(c3nnc(C)c(C)c3C#N)CC2)c1. The van der Waals surface area contributed by atoms with E-state index in [1.807, 2.05) is 30.9 Å². The summed E-state index contributed by atoms with van der Waals surface area (Å²) >= 11 is 0. The second-order valence-electron chi connectivity index (χ2n) is 6.59. The molecular weight excluding hydrogens is 342 g/mol. The summed E-state index contributed by atoms with van der Waals surface area (Å²) in [6, 6.07) is 9.46. The van der Waals surface area contributed by atoms with Crippen molar-refractivity contribution in [3.05, 3.63) is 46.6 Å². The summed E-state index contributed by atoms with van der Waals surface area (Å²) in [5.74, 6) is 1.26. The van der Waals surface area contributed by atoms with E-state index in [4.69, 9.17) is 4.74 Å². The molecule has 0 unspecified atom stereocenters. The number of amides is 1. The van der Waals surface area contributed by atoms with E-state index in [1.54, 1.807) is 19.2 Å². The number of nitrogens with zero attached hydrogens (tertiary/aromatic N) is 5. The van der Waals surface area contributed by atoms with Gasteiger partial charge in [-0.25, -0.2) is 0 Å². The minimum absolute atomic E-state index is 0.0116. The smallest absolute Gasteiger partial charge is 0.254 e. The van der Waals surface area contributed by atoms with Crippen molar-refractivity contribution in [3.63, 3.8) is 0 Å². The molecule has 0 saturated carbocycles. The summed E-state index contributed by atoms with van der Waals surface area (Å²) in [5, 5.41) is 18.0. The van der Waals surface area contributed by atoms with E-state index in [-0.39, 0.29) is 5.91 Å². The van der Waals surface area contributed by atoms with Crippen LogP contribution in [0, 0.1) is 25.2 Å². The number of hydrogen-bond donors (Lipinski definition) is 0. The first-order valence-corrected chi connectivity index (χ1v) is 8.97. The number of rotatable bonds is 3. The van der Waals surface area contributed by atoms with Crippen LogP contribution in [0.25, 0.3) is 0 Å². The van der Waals surface area contributed by atoms with Crippen molar-refractivity contribution in [2.45, 2.75) is 20.3 Å². The zero-order valence-electron chi connectivity index (χ0n) is 15.9. The Morgan fingerprint density at radius 1 is 1.19 bits per heavy atom. The molecule has 1 saturated heterocycles. The Hall–Kier alpha value is -3.14. The maximum atomic E-state index is 12.9. The molecular formula is C20H23N5O2. The summed E-state index contributed by atoms with van der Waals surface area (Å²) < 4.78 is 5.21. The normalized spacial score (nSPS) is 14.4. The highest BCUT2D eigenvalue weighted by atomic mass is 16.5. The molecule has 7 nitrogen and oxygen atoms in total. The van der Waals surface area contributed by atoms with E-state index < -0.39 is 0 Å². The van der Waals surface area contributed by atoms with E-state index in [0.717, 1.165) is 24.2 Å². The van der Waals surface area contributed by atoms with E-state index in [9.17, 15) is 10.1 Å². The molecule has 2 aromatic rings. The van der Waals surface area contributed by atoms with Crippen molar-refractivity contribution < 1.29 is 9.53 Å². The monoisotopic (exact) mass is 365 g/mol. The second kappa shape index (κ2) is 8.04. The predicted molar refractivity (Wildman–Crippen MR) is 102 cm³/mol. The lowest BCUT2D eigenvalue weighted by atomic mass is 10.1. The third kappa shape index (κ3) is 3.85. The Balaban J connectivity index is 1.77. The van der Waals surface area contributed by atoms with Gasteiger partial charge in [0.2, 0.25) is 0 Å². The fraction of sp³-hybridized carbons (Fsp3) is 0.400. The van der Waals surface area contributed by atoms with Crippen LogP contribution >= 0.6 is 0 Å². The lowest BCUT2D eigenvalue weighted by Crippen LogP contribution is -2.35. The van der Waals surface area contributed by atoms with Crippen LogP contribution in [0.1, 0.15) is 33.6 Å². The average molecular weight is 365 g/mol. The number of aromatic nitrogens is 2. The van der Waals surface area contributed by atoms with Crippen molar-refractivity contribution in [3.8, 4) is 11.8 Å². The fourth-order valence-electron chi connectivity index (χ4n) is 3.22. The van der Waals surface area contributed by atoms with Gasteiger partial charge in [0.25, 0.3) is 5.91 Å². The number of nitriles is 1. The van der Waals surface area contributed by atoms with Crippen LogP contribution < -0.4 is 9.64 Å². The molecule has 1 amide bonds. The summed E-state index contributed by atoms with van der Waals surface area (Å²) in [5.41, 5.74) is 2.80. The minimum atomic E-state index is -0.0116. The number of aryl methyl sites for hydroxylation is 1. The molecule has 1 aliphatic rings. The van der Waals surface area contributed by atoms with Gasteiger partial charge >= 0.3 is 0 Å². The van der Waals surface area contributed by atoms with Crippen LogP contribution in [-0.4, -0.2) is 54.3 Å². The zero-order chi connectivity index (χ0) is 19.4. The molecule has 0 radical (unpaired) electrons. The largest absolute Gasteiger partial charge is 0.497 e. The first kappa shape index (κ1) is 18.6. The molecule has 1 fully saturated rings. The standard InChI is InChI=1S/C20H23N5O2/c1-14-15(2)22-23-19(18(14)13-21)24-8-5-9-25(11-10-24)20(26)16-6-4-7-17(12-16)27-3/h4,6-7,12H,5,8-11H2,1-3H3. The predicted octanol–water partition coefficient (Wildman–Crippen LogP) is 2.33. The van der Waals surface area contributed by atoms with Gasteiger partial charge in [-0.15, -0.1) is 5.10 Å². The van der Waals surface area contributed by atoms with Gasteiger partial charge in [-0.3, -0.25) is 4.79 Å². The van der Waals surface area contributed by atoms with Crippen molar-refractivity contribution in [2.24, 2.45) is 0 Å². The van der Waals surface area contributed by atoms with Crippen LogP contribution in [0.3, 0.4) is 0 Å². The quantitative estimate of drug-likeness (QED) is 0.830. The Kier molecular flexibility index (Phi) is 5.55. The lowest BCUT2D eigenvalue weighted by Gasteiger charge is -2.24. The maximum Gasteiger partial charge on any atom is 0.254 e. The van der Waals surface area contributed by atoms with E-state index in [2.05, 4.69) is 21.2 Å². The molecule has 0 atom stereocenters. The van der Waals surface area contributed by atoms with Crippen molar-refractivity contribution in [1.82, 2.24) is 15.1 Å². The first-order chi connectivity index (χ1) is 13.0. The van der Waals surface area contributed by atoms with E-state index >= 15 is 0 Å². The van der Waals surface area contributed by atoms with Gasteiger partial charge in [-0.1, -0.05) is 6.07 Å². The van der Waals surface area contributed by atoms with Gasteiger partial charge in [-0.2, -0.15) is 10.4 Å². The molecule has 3 rings (SSSR count). The van der Waals surface area contributed by atoms with E-state index in [1.165, 1.54) is 0 Å². The molecule has 7 heteroatoms. The summed E-state index contributed by atoms with van der Waals surface area (Å²) in [6.45, 7) is 6.31. The molecule has 1 aromatic heterocycles. The van der Waals surface area contributed by atoms with Gasteiger partial charge < -0.3 is 14.5 Å². The Bertz CT molecular complexity index is 890. The molecule has 140 valence electrons. The highest BCUT2D eigenvalue weighted by Gasteiger charge is 2.24. The van der Waals surface area contributed by atoms with Crippen molar-refractivity contribution in [2.75, 3.05) is 38.2 Å². The molecule has 2 heterocycles.